The van der Waals surface area contributed by atoms with E-state index in [1.165, 1.54) is 6.08 Å². The minimum Gasteiger partial charge on any atom is -0.497 e. The SMILES string of the molecule is C=C(C(F)=CC=CC)C1(C)CC(CF)OC(N(Cc2ccc(OC)cc2OC)Cc2ccc(OC)cc2OC)=N1. The second kappa shape index (κ2) is 13.9. The molecule has 2 aromatic rings. The highest BCUT2D eigenvalue weighted by molar-refractivity contribution is 5.76. The highest BCUT2D eigenvalue weighted by Crippen LogP contribution is 2.37. The minimum absolute atomic E-state index is 0.133. The van der Waals surface area contributed by atoms with E-state index < -0.39 is 24.1 Å². The Labute approximate surface area is 235 Å². The van der Waals surface area contributed by atoms with Gasteiger partial charge in [0.2, 0.25) is 0 Å². The average molecular weight is 557 g/mol. The van der Waals surface area contributed by atoms with Crippen LogP contribution in [0.3, 0.4) is 0 Å². The van der Waals surface area contributed by atoms with Gasteiger partial charge in [-0.1, -0.05) is 18.7 Å². The van der Waals surface area contributed by atoms with E-state index in [-0.39, 0.29) is 31.1 Å². The molecule has 1 heterocycles. The standard InChI is InChI=1S/C31H38F2N2O5/c1-8-9-10-27(33)21(2)31(3)17-26(18-32)40-30(34-31)35(19-22-11-13-24(36-4)15-28(22)38-6)20-23-12-14-25(37-5)16-29(23)39-7/h8-16,26H,2,17-20H2,1,3-7H3. The molecule has 0 fully saturated rings. The highest BCUT2D eigenvalue weighted by atomic mass is 19.1. The third kappa shape index (κ3) is 7.14. The third-order valence-corrected chi connectivity index (χ3v) is 6.77. The van der Waals surface area contributed by atoms with Crippen molar-refractivity contribution < 1.29 is 32.5 Å². The molecular formula is C31H38F2N2O5. The lowest BCUT2D eigenvalue weighted by Gasteiger charge is -2.39. The molecule has 2 unspecified atom stereocenters. The Bertz CT molecular complexity index is 1220. The molecule has 0 radical (unpaired) electrons. The fraction of sp³-hybridized carbons (Fsp3) is 0.387. The lowest BCUT2D eigenvalue weighted by Crippen LogP contribution is -2.46. The van der Waals surface area contributed by atoms with Crippen LogP contribution in [-0.2, 0) is 17.8 Å². The molecule has 2 aromatic carbocycles. The van der Waals surface area contributed by atoms with Crippen LogP contribution < -0.4 is 18.9 Å². The number of hydrogen-bond donors (Lipinski definition) is 0. The number of alkyl halides is 1. The Morgan fingerprint density at radius 2 is 1.57 bits per heavy atom. The Hall–Kier alpha value is -4.01. The summed E-state index contributed by atoms with van der Waals surface area (Å²) in [6, 6.07) is 11.1. The number of aliphatic imine (C=N–C) groups is 1. The molecule has 1 aliphatic heterocycles. The summed E-state index contributed by atoms with van der Waals surface area (Å²) in [7, 11) is 6.31. The summed E-state index contributed by atoms with van der Waals surface area (Å²) in [6.45, 7) is 7.29. The van der Waals surface area contributed by atoms with Crippen LogP contribution in [0.5, 0.6) is 23.0 Å². The van der Waals surface area contributed by atoms with Crippen LogP contribution in [-0.4, -0.2) is 57.7 Å². The predicted molar refractivity (Wildman–Crippen MR) is 153 cm³/mol. The van der Waals surface area contributed by atoms with Crippen LogP contribution in [0.1, 0.15) is 31.4 Å². The van der Waals surface area contributed by atoms with Gasteiger partial charge in [-0.2, -0.15) is 0 Å². The Morgan fingerprint density at radius 3 is 2.02 bits per heavy atom. The summed E-state index contributed by atoms with van der Waals surface area (Å²) < 4.78 is 57.2. The molecule has 0 saturated heterocycles. The van der Waals surface area contributed by atoms with Crippen LogP contribution in [0.2, 0.25) is 0 Å². The predicted octanol–water partition coefficient (Wildman–Crippen LogP) is 6.58. The molecule has 0 amide bonds. The highest BCUT2D eigenvalue weighted by Gasteiger charge is 2.40. The number of amidine groups is 1. The molecule has 1 aliphatic rings. The largest absolute Gasteiger partial charge is 0.497 e. The van der Waals surface area contributed by atoms with Crippen LogP contribution >= 0.6 is 0 Å². The molecule has 0 aliphatic carbocycles. The summed E-state index contributed by atoms with van der Waals surface area (Å²) in [4.78, 5) is 6.67. The number of allylic oxidation sites excluding steroid dienone is 3. The molecule has 0 spiro atoms. The van der Waals surface area contributed by atoms with Crippen molar-refractivity contribution in [2.75, 3.05) is 35.1 Å². The van der Waals surface area contributed by atoms with Gasteiger partial charge < -0.3 is 28.6 Å². The number of rotatable bonds is 12. The molecule has 7 nitrogen and oxygen atoms in total. The molecule has 0 bridgehead atoms. The van der Waals surface area contributed by atoms with Crippen molar-refractivity contribution in [1.82, 2.24) is 4.90 Å². The first-order valence-corrected chi connectivity index (χ1v) is 12.9. The maximum absolute atomic E-state index is 15.0. The van der Waals surface area contributed by atoms with Crippen molar-refractivity contribution in [1.29, 1.82) is 0 Å². The smallest absolute Gasteiger partial charge is 0.289 e. The Kier molecular flexibility index (Phi) is 10.6. The minimum atomic E-state index is -1.14. The zero-order chi connectivity index (χ0) is 29.3. The normalized spacial score (nSPS) is 19.1. The summed E-state index contributed by atoms with van der Waals surface area (Å²) in [6.07, 6.45) is 3.91. The number of halogens is 2. The van der Waals surface area contributed by atoms with Crippen molar-refractivity contribution in [3.05, 3.63) is 83.7 Å². The fourth-order valence-corrected chi connectivity index (χ4v) is 4.45. The number of nitrogens with zero attached hydrogens (tertiary/aromatic N) is 2. The van der Waals surface area contributed by atoms with Gasteiger partial charge in [0.05, 0.1) is 47.1 Å². The van der Waals surface area contributed by atoms with Crippen molar-refractivity contribution in [3.8, 4) is 23.0 Å². The van der Waals surface area contributed by atoms with E-state index in [2.05, 4.69) is 6.58 Å². The Balaban J connectivity index is 2.12. The van der Waals surface area contributed by atoms with Gasteiger partial charge in [0.25, 0.3) is 6.02 Å². The number of benzene rings is 2. The number of ether oxygens (including phenoxy) is 5. The summed E-state index contributed by atoms with van der Waals surface area (Å²) in [5.41, 5.74) is 0.626. The quantitative estimate of drug-likeness (QED) is 0.275. The zero-order valence-corrected chi connectivity index (χ0v) is 24.0. The molecule has 0 saturated carbocycles. The molecule has 0 N–H and O–H groups in total. The van der Waals surface area contributed by atoms with E-state index in [0.717, 1.165) is 11.1 Å². The van der Waals surface area contributed by atoms with Gasteiger partial charge in [-0.05, 0) is 44.2 Å². The maximum Gasteiger partial charge on any atom is 0.289 e. The lowest BCUT2D eigenvalue weighted by molar-refractivity contribution is 0.0754. The van der Waals surface area contributed by atoms with Crippen molar-refractivity contribution >= 4 is 6.02 Å². The second-order valence-electron chi connectivity index (χ2n) is 9.50. The molecule has 3 rings (SSSR count). The van der Waals surface area contributed by atoms with E-state index >= 15 is 4.39 Å². The molecule has 40 heavy (non-hydrogen) atoms. The first-order chi connectivity index (χ1) is 19.2. The zero-order valence-electron chi connectivity index (χ0n) is 24.0. The van der Waals surface area contributed by atoms with E-state index in [4.69, 9.17) is 28.7 Å². The van der Waals surface area contributed by atoms with E-state index in [1.807, 2.05) is 29.2 Å². The summed E-state index contributed by atoms with van der Waals surface area (Å²) in [5, 5.41) is 0. The van der Waals surface area contributed by atoms with Crippen LogP contribution in [0.15, 0.2) is 77.6 Å². The number of hydrogen-bond acceptors (Lipinski definition) is 7. The van der Waals surface area contributed by atoms with Gasteiger partial charge >= 0.3 is 0 Å². The van der Waals surface area contributed by atoms with Crippen molar-refractivity contribution in [2.24, 2.45) is 4.99 Å². The van der Waals surface area contributed by atoms with E-state index in [9.17, 15) is 4.39 Å². The Morgan fingerprint density at radius 1 is 1.02 bits per heavy atom. The van der Waals surface area contributed by atoms with Gasteiger partial charge in [-0.15, -0.1) is 0 Å². The van der Waals surface area contributed by atoms with E-state index in [1.54, 1.807) is 66.6 Å². The van der Waals surface area contributed by atoms with Gasteiger partial charge in [0, 0.05) is 35.3 Å². The summed E-state index contributed by atoms with van der Waals surface area (Å²) in [5.74, 6) is 1.94. The van der Waals surface area contributed by atoms with Crippen LogP contribution in [0.4, 0.5) is 8.78 Å². The number of methoxy groups -OCH3 is 4. The van der Waals surface area contributed by atoms with Crippen molar-refractivity contribution in [3.63, 3.8) is 0 Å². The monoisotopic (exact) mass is 556 g/mol. The second-order valence-corrected chi connectivity index (χ2v) is 9.50. The van der Waals surface area contributed by atoms with Crippen molar-refractivity contribution in [2.45, 2.75) is 45.0 Å². The molecule has 216 valence electrons. The van der Waals surface area contributed by atoms with E-state index in [0.29, 0.717) is 23.0 Å². The third-order valence-electron chi connectivity index (χ3n) is 6.77. The first kappa shape index (κ1) is 30.5. The molecular weight excluding hydrogens is 518 g/mol. The maximum atomic E-state index is 15.0. The first-order valence-electron chi connectivity index (χ1n) is 12.9. The molecule has 2 atom stereocenters. The van der Waals surface area contributed by atoms with Gasteiger partial charge in [-0.3, -0.25) is 0 Å². The van der Waals surface area contributed by atoms with Gasteiger partial charge in [0.1, 0.15) is 41.6 Å². The van der Waals surface area contributed by atoms with Crippen LogP contribution in [0, 0.1) is 0 Å². The van der Waals surface area contributed by atoms with Gasteiger partial charge in [0.15, 0.2) is 0 Å². The fourth-order valence-electron chi connectivity index (χ4n) is 4.45. The average Bonchev–Trinajstić information content (AvgIpc) is 2.98. The van der Waals surface area contributed by atoms with Gasteiger partial charge in [-0.25, -0.2) is 13.8 Å². The van der Waals surface area contributed by atoms with Crippen LogP contribution in [0.25, 0.3) is 0 Å². The molecule has 9 heteroatoms. The lowest BCUT2D eigenvalue weighted by atomic mass is 9.86. The molecule has 0 aromatic heterocycles. The topological polar surface area (TPSA) is 61.8 Å². The summed E-state index contributed by atoms with van der Waals surface area (Å²) >= 11 is 0.